The SMILES string of the molecule is COc1ccc(N2C[C@H](NCc3ccccc3)C2=O)cc1. The van der Waals surface area contributed by atoms with E-state index in [1.807, 2.05) is 42.5 Å². The fourth-order valence-corrected chi connectivity index (χ4v) is 2.41. The largest absolute Gasteiger partial charge is 0.497 e. The van der Waals surface area contributed by atoms with Gasteiger partial charge >= 0.3 is 0 Å². The number of carbonyl (C=O) groups excluding carboxylic acids is 1. The quantitative estimate of drug-likeness (QED) is 0.855. The van der Waals surface area contributed by atoms with E-state index in [0.29, 0.717) is 13.1 Å². The molecule has 1 N–H and O–H groups in total. The molecule has 4 heteroatoms. The number of nitrogens with zero attached hydrogens (tertiary/aromatic N) is 1. The number of anilines is 1. The number of benzene rings is 2. The van der Waals surface area contributed by atoms with Crippen molar-refractivity contribution in [3.8, 4) is 5.75 Å². The Morgan fingerprint density at radius 3 is 2.48 bits per heavy atom. The summed E-state index contributed by atoms with van der Waals surface area (Å²) in [5, 5.41) is 3.29. The lowest BCUT2D eigenvalue weighted by Gasteiger charge is -2.39. The third-order valence-corrected chi connectivity index (χ3v) is 3.71. The molecule has 1 saturated heterocycles. The Kier molecular flexibility index (Phi) is 3.88. The second-order valence-electron chi connectivity index (χ2n) is 5.07. The van der Waals surface area contributed by atoms with Gasteiger partial charge in [-0.3, -0.25) is 4.79 Å². The molecule has 0 saturated carbocycles. The number of hydrogen-bond donors (Lipinski definition) is 1. The van der Waals surface area contributed by atoms with E-state index >= 15 is 0 Å². The maximum Gasteiger partial charge on any atom is 0.246 e. The van der Waals surface area contributed by atoms with Crippen LogP contribution in [0.1, 0.15) is 5.56 Å². The van der Waals surface area contributed by atoms with Gasteiger partial charge in [0.25, 0.3) is 0 Å². The molecule has 1 aliphatic heterocycles. The summed E-state index contributed by atoms with van der Waals surface area (Å²) in [6, 6.07) is 17.6. The molecule has 0 aromatic heterocycles. The van der Waals surface area contributed by atoms with E-state index in [0.717, 1.165) is 11.4 Å². The number of ether oxygens (including phenoxy) is 1. The summed E-state index contributed by atoms with van der Waals surface area (Å²) < 4.78 is 5.12. The van der Waals surface area contributed by atoms with Crippen LogP contribution in [0, 0.1) is 0 Å². The normalized spacial score (nSPS) is 17.5. The second-order valence-corrected chi connectivity index (χ2v) is 5.07. The number of hydrogen-bond acceptors (Lipinski definition) is 3. The Labute approximate surface area is 124 Å². The molecule has 1 aliphatic rings. The van der Waals surface area contributed by atoms with Crippen LogP contribution < -0.4 is 15.0 Å². The second kappa shape index (κ2) is 5.97. The molecule has 1 fully saturated rings. The van der Waals surface area contributed by atoms with Crippen molar-refractivity contribution < 1.29 is 9.53 Å². The van der Waals surface area contributed by atoms with Crippen LogP contribution in [0.2, 0.25) is 0 Å². The van der Waals surface area contributed by atoms with Gasteiger partial charge in [0.2, 0.25) is 5.91 Å². The topological polar surface area (TPSA) is 41.6 Å². The molecule has 0 aliphatic carbocycles. The molecule has 1 heterocycles. The summed E-state index contributed by atoms with van der Waals surface area (Å²) in [5.41, 5.74) is 2.10. The molecule has 4 nitrogen and oxygen atoms in total. The highest BCUT2D eigenvalue weighted by Gasteiger charge is 2.36. The fraction of sp³-hybridized carbons (Fsp3) is 0.235. The zero-order valence-corrected chi connectivity index (χ0v) is 12.0. The summed E-state index contributed by atoms with van der Waals surface area (Å²) in [4.78, 5) is 13.9. The number of methoxy groups -OCH3 is 1. The standard InChI is InChI=1S/C17H18N2O2/c1-21-15-9-7-14(8-10-15)19-12-16(17(19)20)18-11-13-5-3-2-4-6-13/h2-10,16,18H,11-12H2,1H3/t16-/m0/s1. The van der Waals surface area contributed by atoms with E-state index in [9.17, 15) is 4.79 Å². The molecule has 1 amide bonds. The average molecular weight is 282 g/mol. The maximum absolute atomic E-state index is 12.2. The zero-order valence-electron chi connectivity index (χ0n) is 12.0. The van der Waals surface area contributed by atoms with Gasteiger partial charge in [0.1, 0.15) is 11.8 Å². The third-order valence-electron chi connectivity index (χ3n) is 3.71. The van der Waals surface area contributed by atoms with Gasteiger partial charge in [0.15, 0.2) is 0 Å². The van der Waals surface area contributed by atoms with E-state index in [1.165, 1.54) is 5.56 Å². The van der Waals surface area contributed by atoms with Crippen molar-refractivity contribution in [1.29, 1.82) is 0 Å². The van der Waals surface area contributed by atoms with Crippen molar-refractivity contribution in [1.82, 2.24) is 5.32 Å². The minimum atomic E-state index is -0.0905. The lowest BCUT2D eigenvalue weighted by Crippen LogP contribution is -2.62. The average Bonchev–Trinajstić information content (AvgIpc) is 2.55. The van der Waals surface area contributed by atoms with Crippen LogP contribution >= 0.6 is 0 Å². The molecular weight excluding hydrogens is 264 g/mol. The van der Waals surface area contributed by atoms with Gasteiger partial charge in [-0.25, -0.2) is 0 Å². The number of carbonyl (C=O) groups is 1. The van der Waals surface area contributed by atoms with E-state index < -0.39 is 0 Å². The van der Waals surface area contributed by atoms with E-state index in [-0.39, 0.29) is 11.9 Å². The minimum Gasteiger partial charge on any atom is -0.497 e. The van der Waals surface area contributed by atoms with Gasteiger partial charge in [-0.05, 0) is 29.8 Å². The predicted molar refractivity (Wildman–Crippen MR) is 82.4 cm³/mol. The lowest BCUT2D eigenvalue weighted by atomic mass is 10.1. The van der Waals surface area contributed by atoms with E-state index in [2.05, 4.69) is 17.4 Å². The summed E-state index contributed by atoms with van der Waals surface area (Å²) in [7, 11) is 1.63. The Morgan fingerprint density at radius 2 is 1.86 bits per heavy atom. The van der Waals surface area contributed by atoms with Gasteiger partial charge in [0.05, 0.1) is 13.7 Å². The third kappa shape index (κ3) is 2.90. The first-order chi connectivity index (χ1) is 10.3. The van der Waals surface area contributed by atoms with Crippen LogP contribution in [0.15, 0.2) is 54.6 Å². The van der Waals surface area contributed by atoms with Crippen molar-refractivity contribution in [2.75, 3.05) is 18.6 Å². The first kappa shape index (κ1) is 13.6. The Hall–Kier alpha value is -2.33. The highest BCUT2D eigenvalue weighted by Crippen LogP contribution is 2.24. The molecule has 108 valence electrons. The van der Waals surface area contributed by atoms with Crippen LogP contribution in [0.4, 0.5) is 5.69 Å². The Balaban J connectivity index is 1.55. The molecule has 0 radical (unpaired) electrons. The molecule has 2 aromatic rings. The van der Waals surface area contributed by atoms with Gasteiger partial charge in [0, 0.05) is 12.2 Å². The van der Waals surface area contributed by atoms with Gasteiger partial charge in [-0.1, -0.05) is 30.3 Å². The summed E-state index contributed by atoms with van der Waals surface area (Å²) in [6.07, 6.45) is 0. The fourth-order valence-electron chi connectivity index (χ4n) is 2.41. The minimum absolute atomic E-state index is 0.0905. The monoisotopic (exact) mass is 282 g/mol. The Morgan fingerprint density at radius 1 is 1.14 bits per heavy atom. The van der Waals surface area contributed by atoms with Crippen LogP contribution in [-0.4, -0.2) is 25.6 Å². The van der Waals surface area contributed by atoms with Crippen LogP contribution in [0.3, 0.4) is 0 Å². The molecule has 0 unspecified atom stereocenters. The molecule has 0 bridgehead atoms. The predicted octanol–water partition coefficient (Wildman–Crippen LogP) is 2.20. The molecule has 21 heavy (non-hydrogen) atoms. The maximum atomic E-state index is 12.2. The van der Waals surface area contributed by atoms with Crippen molar-refractivity contribution in [2.24, 2.45) is 0 Å². The summed E-state index contributed by atoms with van der Waals surface area (Å²) in [6.45, 7) is 1.42. The Bertz CT molecular complexity index is 610. The van der Waals surface area contributed by atoms with Crippen molar-refractivity contribution in [2.45, 2.75) is 12.6 Å². The van der Waals surface area contributed by atoms with Crippen molar-refractivity contribution >= 4 is 11.6 Å². The molecular formula is C17H18N2O2. The van der Waals surface area contributed by atoms with Crippen LogP contribution in [0.5, 0.6) is 5.75 Å². The first-order valence-electron chi connectivity index (χ1n) is 7.00. The lowest BCUT2D eigenvalue weighted by molar-refractivity contribution is -0.124. The first-order valence-corrected chi connectivity index (χ1v) is 7.00. The zero-order chi connectivity index (χ0) is 14.7. The van der Waals surface area contributed by atoms with Gasteiger partial charge in [-0.15, -0.1) is 0 Å². The van der Waals surface area contributed by atoms with Crippen LogP contribution in [0.25, 0.3) is 0 Å². The number of amides is 1. The summed E-state index contributed by atoms with van der Waals surface area (Å²) >= 11 is 0. The van der Waals surface area contributed by atoms with Gasteiger partial charge < -0.3 is 15.0 Å². The molecule has 0 spiro atoms. The smallest absolute Gasteiger partial charge is 0.246 e. The number of nitrogens with one attached hydrogen (secondary N) is 1. The summed E-state index contributed by atoms with van der Waals surface area (Å²) in [5.74, 6) is 0.918. The van der Waals surface area contributed by atoms with Crippen molar-refractivity contribution in [3.05, 3.63) is 60.2 Å². The van der Waals surface area contributed by atoms with E-state index in [4.69, 9.17) is 4.74 Å². The van der Waals surface area contributed by atoms with Crippen LogP contribution in [-0.2, 0) is 11.3 Å². The number of β-lactam (4-membered cyclic amide) rings is 1. The number of rotatable bonds is 5. The molecule has 2 aromatic carbocycles. The van der Waals surface area contributed by atoms with Crippen molar-refractivity contribution in [3.63, 3.8) is 0 Å². The van der Waals surface area contributed by atoms with E-state index in [1.54, 1.807) is 12.0 Å². The highest BCUT2D eigenvalue weighted by molar-refractivity contribution is 6.04. The molecule has 1 atom stereocenters. The highest BCUT2D eigenvalue weighted by atomic mass is 16.5. The molecule has 3 rings (SSSR count). The van der Waals surface area contributed by atoms with Gasteiger partial charge in [-0.2, -0.15) is 0 Å².